The summed E-state index contributed by atoms with van der Waals surface area (Å²) in [5.41, 5.74) is 9.04. The van der Waals surface area contributed by atoms with Crippen LogP contribution in [0.15, 0.2) is 66.9 Å². The number of fused-ring (bicyclic) bond motifs is 2. The summed E-state index contributed by atoms with van der Waals surface area (Å²) < 4.78 is 6.13. The molecule has 0 saturated carbocycles. The second-order valence-corrected chi connectivity index (χ2v) is 9.74. The lowest BCUT2D eigenvalue weighted by molar-refractivity contribution is -0.0254. The van der Waals surface area contributed by atoms with Crippen molar-refractivity contribution in [1.82, 2.24) is 9.88 Å². The first-order chi connectivity index (χ1) is 17.4. The Balaban J connectivity index is 1.30. The number of primary amides is 1. The van der Waals surface area contributed by atoms with Gasteiger partial charge in [0.2, 0.25) is 5.88 Å². The van der Waals surface area contributed by atoms with E-state index in [1.807, 2.05) is 54.6 Å². The molecule has 0 spiro atoms. The van der Waals surface area contributed by atoms with Crippen molar-refractivity contribution in [1.29, 1.82) is 0 Å². The van der Waals surface area contributed by atoms with E-state index < -0.39 is 11.6 Å². The van der Waals surface area contributed by atoms with Gasteiger partial charge in [-0.2, -0.15) is 0 Å². The van der Waals surface area contributed by atoms with Crippen molar-refractivity contribution in [3.05, 3.63) is 88.6 Å². The summed E-state index contributed by atoms with van der Waals surface area (Å²) in [4.78, 5) is 18.4. The number of allylic oxidation sites excluding steroid dienone is 1. The Labute approximate surface area is 215 Å². The van der Waals surface area contributed by atoms with Crippen LogP contribution < -0.4 is 15.8 Å². The molecule has 186 valence electrons. The number of amides is 2. The van der Waals surface area contributed by atoms with Crippen molar-refractivity contribution < 1.29 is 14.6 Å². The van der Waals surface area contributed by atoms with Crippen LogP contribution in [0.2, 0.25) is 5.02 Å². The van der Waals surface area contributed by atoms with Crippen LogP contribution in [0, 0.1) is 0 Å². The number of urea groups is 1. The van der Waals surface area contributed by atoms with Crippen LogP contribution in [0.5, 0.6) is 11.6 Å². The molecule has 7 nitrogen and oxygen atoms in total. The Morgan fingerprint density at radius 3 is 2.69 bits per heavy atom. The Morgan fingerprint density at radius 2 is 1.94 bits per heavy atom. The summed E-state index contributed by atoms with van der Waals surface area (Å²) in [5.74, 6) is 1.20. The lowest BCUT2D eigenvalue weighted by Crippen LogP contribution is -2.42. The number of ether oxygens (including phenoxy) is 1. The van der Waals surface area contributed by atoms with Gasteiger partial charge in [0.25, 0.3) is 0 Å². The van der Waals surface area contributed by atoms with Crippen LogP contribution in [0.4, 0.5) is 10.5 Å². The number of benzene rings is 2. The van der Waals surface area contributed by atoms with Gasteiger partial charge in [-0.15, -0.1) is 0 Å². The number of anilines is 1. The van der Waals surface area contributed by atoms with E-state index in [9.17, 15) is 9.90 Å². The standard InChI is InChI=1S/C28H29ClN4O3/c29-21-10-8-20(9-11-21)28(35)12-16-33(17-13-28)15-3-4-19-18-23-24(32-27(30)34)6-1-7-25(23)36-26-22(19)5-2-14-31-26/h1-2,4-11,14,35H,3,12-13,15-18H2,(H3,30,32,34). The molecule has 0 bridgehead atoms. The zero-order valence-electron chi connectivity index (χ0n) is 19.9. The van der Waals surface area contributed by atoms with Gasteiger partial charge in [-0.1, -0.05) is 35.9 Å². The van der Waals surface area contributed by atoms with Gasteiger partial charge in [0.1, 0.15) is 5.75 Å². The molecule has 0 unspecified atom stereocenters. The molecule has 1 saturated heterocycles. The van der Waals surface area contributed by atoms with E-state index in [0.717, 1.165) is 48.3 Å². The minimum absolute atomic E-state index is 0.546. The van der Waals surface area contributed by atoms with Gasteiger partial charge < -0.3 is 25.8 Å². The monoisotopic (exact) mass is 504 g/mol. The zero-order valence-corrected chi connectivity index (χ0v) is 20.7. The predicted octanol–water partition coefficient (Wildman–Crippen LogP) is 5.33. The fourth-order valence-electron chi connectivity index (χ4n) is 5.00. The first kappa shape index (κ1) is 24.3. The third-order valence-corrected chi connectivity index (χ3v) is 7.23. The number of hydrogen-bond donors (Lipinski definition) is 3. The molecule has 8 heteroatoms. The maximum absolute atomic E-state index is 11.6. The van der Waals surface area contributed by atoms with Gasteiger partial charge in [-0.25, -0.2) is 9.78 Å². The van der Waals surface area contributed by atoms with Crippen LogP contribution in [0.25, 0.3) is 5.57 Å². The fraction of sp³-hybridized carbons (Fsp3) is 0.286. The van der Waals surface area contributed by atoms with Gasteiger partial charge in [0.15, 0.2) is 0 Å². The molecular formula is C28H29ClN4O3. The van der Waals surface area contributed by atoms with Crippen LogP contribution >= 0.6 is 11.6 Å². The molecular weight excluding hydrogens is 476 g/mol. The predicted molar refractivity (Wildman–Crippen MR) is 141 cm³/mol. The largest absolute Gasteiger partial charge is 0.438 e. The lowest BCUT2D eigenvalue weighted by Gasteiger charge is -2.38. The van der Waals surface area contributed by atoms with Gasteiger partial charge in [0, 0.05) is 54.1 Å². The Morgan fingerprint density at radius 1 is 1.17 bits per heavy atom. The normalized spacial score (nSPS) is 18.0. The molecule has 4 N–H and O–H groups in total. The molecule has 1 fully saturated rings. The highest BCUT2D eigenvalue weighted by atomic mass is 35.5. The summed E-state index contributed by atoms with van der Waals surface area (Å²) in [7, 11) is 0. The Bertz CT molecular complexity index is 1280. The third kappa shape index (κ3) is 5.23. The number of rotatable bonds is 5. The van der Waals surface area contributed by atoms with Crippen LogP contribution in [-0.4, -0.2) is 40.7 Å². The molecule has 5 rings (SSSR count). The molecule has 3 aromatic rings. The van der Waals surface area contributed by atoms with Crippen molar-refractivity contribution in [2.45, 2.75) is 31.3 Å². The first-order valence-electron chi connectivity index (χ1n) is 12.1. The molecule has 36 heavy (non-hydrogen) atoms. The average molecular weight is 505 g/mol. The van der Waals surface area contributed by atoms with Crippen LogP contribution in [0.3, 0.4) is 0 Å². The van der Waals surface area contributed by atoms with Crippen molar-refractivity contribution in [2.75, 3.05) is 25.0 Å². The number of likely N-dealkylation sites (tertiary alicyclic amines) is 1. The molecule has 2 aliphatic heterocycles. The number of pyridine rings is 1. The zero-order chi connectivity index (χ0) is 25.1. The van der Waals surface area contributed by atoms with E-state index in [1.165, 1.54) is 0 Å². The van der Waals surface area contributed by atoms with Gasteiger partial charge in [0.05, 0.1) is 5.60 Å². The number of carbonyl (C=O) groups is 1. The second kappa shape index (κ2) is 10.3. The highest BCUT2D eigenvalue weighted by Crippen LogP contribution is 2.41. The van der Waals surface area contributed by atoms with Gasteiger partial charge in [-0.05, 0) is 66.8 Å². The number of halogens is 1. The van der Waals surface area contributed by atoms with Crippen molar-refractivity contribution in [2.24, 2.45) is 5.73 Å². The second-order valence-electron chi connectivity index (χ2n) is 9.30. The average Bonchev–Trinajstić information content (AvgIpc) is 3.03. The Hall–Kier alpha value is -3.39. The minimum atomic E-state index is -0.809. The Kier molecular flexibility index (Phi) is 6.96. The molecule has 2 amide bonds. The summed E-state index contributed by atoms with van der Waals surface area (Å²) >= 11 is 6.01. The molecule has 3 heterocycles. The van der Waals surface area contributed by atoms with Crippen LogP contribution in [0.1, 0.15) is 36.0 Å². The quantitative estimate of drug-likeness (QED) is 0.436. The van der Waals surface area contributed by atoms with Crippen molar-refractivity contribution in [3.63, 3.8) is 0 Å². The molecule has 0 radical (unpaired) electrons. The summed E-state index contributed by atoms with van der Waals surface area (Å²) in [5, 5.41) is 14.5. The molecule has 0 atom stereocenters. The van der Waals surface area contributed by atoms with Gasteiger partial charge in [-0.3, -0.25) is 0 Å². The number of nitrogens with zero attached hydrogens (tertiary/aromatic N) is 2. The number of hydrogen-bond acceptors (Lipinski definition) is 5. The number of piperidine rings is 1. The minimum Gasteiger partial charge on any atom is -0.438 e. The van der Waals surface area contributed by atoms with E-state index in [-0.39, 0.29) is 0 Å². The van der Waals surface area contributed by atoms with Gasteiger partial charge >= 0.3 is 6.03 Å². The third-order valence-electron chi connectivity index (χ3n) is 6.98. The first-order valence-corrected chi connectivity index (χ1v) is 12.5. The SMILES string of the molecule is NC(=O)Nc1cccc2c1CC(=CCCN1CCC(O)(c3ccc(Cl)cc3)CC1)c1cccnc1O2. The van der Waals surface area contributed by atoms with E-state index in [1.54, 1.807) is 6.20 Å². The molecule has 1 aromatic heterocycles. The lowest BCUT2D eigenvalue weighted by atomic mass is 9.84. The number of carbonyl (C=O) groups excluding carboxylic acids is 1. The summed E-state index contributed by atoms with van der Waals surface area (Å²) in [6, 6.07) is 16.3. The van der Waals surface area contributed by atoms with Crippen molar-refractivity contribution >= 4 is 28.9 Å². The maximum Gasteiger partial charge on any atom is 0.316 e. The smallest absolute Gasteiger partial charge is 0.316 e. The van der Waals surface area contributed by atoms with E-state index in [0.29, 0.717) is 41.6 Å². The summed E-state index contributed by atoms with van der Waals surface area (Å²) in [6.45, 7) is 2.52. The number of nitrogens with two attached hydrogens (primary N) is 1. The number of aromatic nitrogens is 1. The van der Waals surface area contributed by atoms with E-state index in [4.69, 9.17) is 22.1 Å². The molecule has 2 aromatic carbocycles. The topological polar surface area (TPSA) is 101 Å². The molecule has 0 aliphatic carbocycles. The maximum atomic E-state index is 11.6. The highest BCUT2D eigenvalue weighted by Gasteiger charge is 2.33. The number of nitrogens with one attached hydrogen (secondary N) is 1. The van der Waals surface area contributed by atoms with Crippen LogP contribution in [-0.2, 0) is 12.0 Å². The number of aliphatic hydroxyl groups is 1. The molecule has 2 aliphatic rings. The fourth-order valence-corrected chi connectivity index (χ4v) is 5.12. The summed E-state index contributed by atoms with van der Waals surface area (Å²) in [6.07, 6.45) is 6.72. The van der Waals surface area contributed by atoms with E-state index in [2.05, 4.69) is 21.3 Å². The highest BCUT2D eigenvalue weighted by molar-refractivity contribution is 6.30. The van der Waals surface area contributed by atoms with Crippen molar-refractivity contribution in [3.8, 4) is 11.6 Å². The van der Waals surface area contributed by atoms with E-state index >= 15 is 0 Å².